The monoisotopic (exact) mass is 329 g/mol. The Morgan fingerprint density at radius 1 is 1.52 bits per heavy atom. The summed E-state index contributed by atoms with van der Waals surface area (Å²) in [5.74, 6) is -4.70. The molecule has 2 aliphatic rings. The number of hydrogen-bond acceptors (Lipinski definition) is 4. The number of alkyl halides is 2. The Morgan fingerprint density at radius 2 is 2.22 bits per heavy atom. The molecule has 2 atom stereocenters. The number of amides is 1. The number of likely N-dealkylation sites (tertiary alicyclic amines) is 1. The standard InChI is InChI=1S/C15H21F2N3O3/c1-23-10-8-11(12-18-6-7-19-12)20(9-10)13(21)15(16,17)14(22)4-2-3-5-14/h6-7,10-11,22H,2-5,8-9H2,1H3,(H,18,19)/t10-,11?/m1/s1. The number of hydrogen-bond donors (Lipinski definition) is 2. The number of imidazole rings is 1. The van der Waals surface area contributed by atoms with E-state index in [1.807, 2.05) is 0 Å². The Balaban J connectivity index is 1.87. The fraction of sp³-hybridized carbons (Fsp3) is 0.733. The lowest BCUT2D eigenvalue weighted by molar-refractivity contribution is -0.201. The van der Waals surface area contributed by atoms with Gasteiger partial charge in [0, 0.05) is 32.5 Å². The number of nitrogens with one attached hydrogen (secondary N) is 1. The highest BCUT2D eigenvalue weighted by atomic mass is 19.3. The molecule has 3 rings (SSSR count). The predicted molar refractivity (Wildman–Crippen MR) is 76.8 cm³/mol. The molecular weight excluding hydrogens is 308 g/mol. The van der Waals surface area contributed by atoms with Crippen LogP contribution in [0.4, 0.5) is 8.78 Å². The summed E-state index contributed by atoms with van der Waals surface area (Å²) in [4.78, 5) is 20.6. The molecule has 1 saturated heterocycles. The fourth-order valence-corrected chi connectivity index (χ4v) is 3.56. The van der Waals surface area contributed by atoms with Crippen molar-refractivity contribution in [3.63, 3.8) is 0 Å². The van der Waals surface area contributed by atoms with Crippen LogP contribution in [-0.2, 0) is 9.53 Å². The van der Waals surface area contributed by atoms with E-state index in [1.54, 1.807) is 6.20 Å². The zero-order valence-electron chi connectivity index (χ0n) is 13.0. The van der Waals surface area contributed by atoms with E-state index in [0.717, 1.165) is 4.90 Å². The average Bonchev–Trinajstić information content (AvgIpc) is 3.26. The minimum absolute atomic E-state index is 0.0568. The Hall–Kier alpha value is -1.54. The summed E-state index contributed by atoms with van der Waals surface area (Å²) in [5.41, 5.74) is -2.25. The van der Waals surface area contributed by atoms with Gasteiger partial charge < -0.3 is 19.7 Å². The van der Waals surface area contributed by atoms with Gasteiger partial charge in [0.1, 0.15) is 11.4 Å². The second-order valence-electron chi connectivity index (χ2n) is 6.35. The van der Waals surface area contributed by atoms with Crippen LogP contribution in [0.1, 0.15) is 44.0 Å². The van der Waals surface area contributed by atoms with Gasteiger partial charge in [-0.2, -0.15) is 8.78 Å². The van der Waals surface area contributed by atoms with Gasteiger partial charge in [-0.05, 0) is 12.8 Å². The minimum atomic E-state index is -3.81. The zero-order valence-corrected chi connectivity index (χ0v) is 13.0. The van der Waals surface area contributed by atoms with Crippen molar-refractivity contribution >= 4 is 5.91 Å². The van der Waals surface area contributed by atoms with Gasteiger partial charge in [-0.1, -0.05) is 12.8 Å². The molecule has 23 heavy (non-hydrogen) atoms. The first-order valence-corrected chi connectivity index (χ1v) is 7.82. The summed E-state index contributed by atoms with van der Waals surface area (Å²) < 4.78 is 34.6. The number of ether oxygens (including phenoxy) is 1. The molecule has 2 heterocycles. The molecule has 8 heteroatoms. The Labute approximate surface area is 132 Å². The van der Waals surface area contributed by atoms with Crippen molar-refractivity contribution in [1.82, 2.24) is 14.9 Å². The predicted octanol–water partition coefficient (Wildman–Crippen LogP) is 1.64. The lowest BCUT2D eigenvalue weighted by atomic mass is 9.92. The summed E-state index contributed by atoms with van der Waals surface area (Å²) in [7, 11) is 1.49. The van der Waals surface area contributed by atoms with Gasteiger partial charge in [0.15, 0.2) is 0 Å². The van der Waals surface area contributed by atoms with Crippen LogP contribution in [-0.4, -0.2) is 57.2 Å². The number of halogens is 2. The van der Waals surface area contributed by atoms with E-state index in [2.05, 4.69) is 9.97 Å². The molecule has 2 N–H and O–H groups in total. The normalized spacial score (nSPS) is 27.6. The van der Waals surface area contributed by atoms with Crippen molar-refractivity contribution in [2.24, 2.45) is 0 Å². The number of nitrogens with zero attached hydrogens (tertiary/aromatic N) is 2. The van der Waals surface area contributed by atoms with E-state index >= 15 is 0 Å². The number of aromatic amines is 1. The number of H-pyrrole nitrogens is 1. The third-order valence-corrected chi connectivity index (χ3v) is 4.98. The zero-order chi connectivity index (χ0) is 16.7. The summed E-state index contributed by atoms with van der Waals surface area (Å²) in [6.07, 6.45) is 4.05. The summed E-state index contributed by atoms with van der Waals surface area (Å²) in [5, 5.41) is 10.2. The van der Waals surface area contributed by atoms with Gasteiger partial charge in [-0.15, -0.1) is 0 Å². The molecular formula is C15H21F2N3O3. The number of aliphatic hydroxyl groups is 1. The van der Waals surface area contributed by atoms with Crippen molar-refractivity contribution in [2.75, 3.05) is 13.7 Å². The maximum atomic E-state index is 14.7. The molecule has 0 bridgehead atoms. The molecule has 0 radical (unpaired) electrons. The second kappa shape index (κ2) is 5.83. The quantitative estimate of drug-likeness (QED) is 0.880. The van der Waals surface area contributed by atoms with Gasteiger partial charge in [0.05, 0.1) is 12.1 Å². The number of aromatic nitrogens is 2. The van der Waals surface area contributed by atoms with Crippen molar-refractivity contribution in [3.8, 4) is 0 Å². The van der Waals surface area contributed by atoms with Crippen LogP contribution < -0.4 is 0 Å². The molecule has 1 aromatic rings. The van der Waals surface area contributed by atoms with E-state index in [9.17, 15) is 18.7 Å². The van der Waals surface area contributed by atoms with Crippen molar-refractivity contribution in [3.05, 3.63) is 18.2 Å². The third-order valence-electron chi connectivity index (χ3n) is 4.98. The lowest BCUT2D eigenvalue weighted by Gasteiger charge is -2.35. The summed E-state index contributed by atoms with van der Waals surface area (Å²) in [6, 6.07) is -0.599. The van der Waals surface area contributed by atoms with E-state index in [0.29, 0.717) is 25.1 Å². The first-order valence-electron chi connectivity index (χ1n) is 7.82. The van der Waals surface area contributed by atoms with Crippen LogP contribution in [0.15, 0.2) is 12.4 Å². The first kappa shape index (κ1) is 16.3. The van der Waals surface area contributed by atoms with Gasteiger partial charge in [-0.25, -0.2) is 4.98 Å². The minimum Gasteiger partial charge on any atom is -0.383 e. The molecule has 1 amide bonds. The molecule has 1 aliphatic carbocycles. The van der Waals surface area contributed by atoms with Crippen LogP contribution in [0.2, 0.25) is 0 Å². The van der Waals surface area contributed by atoms with Crippen molar-refractivity contribution in [1.29, 1.82) is 0 Å². The highest BCUT2D eigenvalue weighted by Crippen LogP contribution is 2.45. The largest absolute Gasteiger partial charge is 0.383 e. The van der Waals surface area contributed by atoms with E-state index < -0.39 is 23.5 Å². The number of carbonyl (C=O) groups excluding carboxylic acids is 1. The highest BCUT2D eigenvalue weighted by molar-refractivity contribution is 5.85. The van der Waals surface area contributed by atoms with Crippen molar-refractivity contribution < 1.29 is 23.4 Å². The molecule has 0 spiro atoms. The van der Waals surface area contributed by atoms with Crippen LogP contribution in [0, 0.1) is 0 Å². The van der Waals surface area contributed by atoms with Gasteiger partial charge in [-0.3, -0.25) is 4.79 Å². The average molecular weight is 329 g/mol. The Bertz CT molecular complexity index is 558. The Kier molecular flexibility index (Phi) is 4.14. The van der Waals surface area contributed by atoms with Crippen LogP contribution in [0.5, 0.6) is 0 Å². The maximum Gasteiger partial charge on any atom is 0.352 e. The van der Waals surface area contributed by atoms with Gasteiger partial charge in [0.25, 0.3) is 5.91 Å². The van der Waals surface area contributed by atoms with E-state index in [-0.39, 0.29) is 25.5 Å². The molecule has 6 nitrogen and oxygen atoms in total. The fourth-order valence-electron chi connectivity index (χ4n) is 3.56. The van der Waals surface area contributed by atoms with E-state index in [1.165, 1.54) is 13.3 Å². The molecule has 0 aromatic carbocycles. The van der Waals surface area contributed by atoms with E-state index in [4.69, 9.17) is 4.74 Å². The lowest BCUT2D eigenvalue weighted by Crippen LogP contribution is -2.57. The Morgan fingerprint density at radius 3 is 2.78 bits per heavy atom. The van der Waals surface area contributed by atoms with Gasteiger partial charge in [0.2, 0.25) is 0 Å². The van der Waals surface area contributed by atoms with Crippen LogP contribution in [0.25, 0.3) is 0 Å². The molecule has 1 aromatic heterocycles. The van der Waals surface area contributed by atoms with Crippen LogP contribution in [0.3, 0.4) is 0 Å². The SMILES string of the molecule is CO[C@@H]1CC(c2ncc[nH]2)N(C(=O)C(F)(F)C2(O)CCCC2)C1. The topological polar surface area (TPSA) is 78.5 Å². The molecule has 1 unspecified atom stereocenters. The maximum absolute atomic E-state index is 14.7. The van der Waals surface area contributed by atoms with Gasteiger partial charge >= 0.3 is 5.92 Å². The highest BCUT2D eigenvalue weighted by Gasteiger charge is 2.61. The molecule has 1 aliphatic heterocycles. The summed E-state index contributed by atoms with van der Waals surface area (Å²) in [6.45, 7) is 0.0619. The molecule has 2 fully saturated rings. The smallest absolute Gasteiger partial charge is 0.352 e. The second-order valence-corrected chi connectivity index (χ2v) is 6.35. The number of carbonyl (C=O) groups is 1. The first-order chi connectivity index (χ1) is 10.9. The number of rotatable bonds is 4. The molecule has 128 valence electrons. The van der Waals surface area contributed by atoms with Crippen molar-refractivity contribution in [2.45, 2.75) is 55.8 Å². The summed E-state index contributed by atoms with van der Waals surface area (Å²) >= 11 is 0. The molecule has 1 saturated carbocycles. The number of methoxy groups -OCH3 is 1. The third kappa shape index (κ3) is 2.63. The van der Waals surface area contributed by atoms with Crippen LogP contribution >= 0.6 is 0 Å².